The zero-order valence-corrected chi connectivity index (χ0v) is 12.4. The molecular weight excluding hydrogens is 336 g/mol. The van der Waals surface area contributed by atoms with E-state index in [0.717, 1.165) is 0 Å². The minimum Gasteiger partial charge on any atom is -0.394 e. The number of rotatable bonds is 5. The average Bonchev–Trinajstić information content (AvgIpc) is 2.60. The lowest BCUT2D eigenvalue weighted by atomic mass is 9.85. The first kappa shape index (κ1) is 23.2. The van der Waals surface area contributed by atoms with Crippen LogP contribution in [0.25, 0.3) is 0 Å². The van der Waals surface area contributed by atoms with Gasteiger partial charge in [-0.25, -0.2) is 0 Å². The van der Waals surface area contributed by atoms with Crippen LogP contribution in [0.15, 0.2) is 0 Å². The van der Waals surface area contributed by atoms with Crippen molar-refractivity contribution in [2.24, 2.45) is 0 Å². The fourth-order valence-electron chi connectivity index (χ4n) is 1.83. The summed E-state index contributed by atoms with van der Waals surface area (Å²) in [6, 6.07) is 0. The quantitative estimate of drug-likeness (QED) is 0.205. The average molecular weight is 360 g/mol. The highest BCUT2D eigenvalue weighted by molar-refractivity contribution is 5.56. The van der Waals surface area contributed by atoms with Crippen molar-refractivity contribution in [3.05, 3.63) is 0 Å². The molecule has 0 unspecified atom stereocenters. The number of aliphatic hydroxyl groups excluding tert-OH is 11. The smallest absolute Gasteiger partial charge is 0.151 e. The Balaban J connectivity index is 0.000000441. The summed E-state index contributed by atoms with van der Waals surface area (Å²) in [5.41, 5.74) is 0. The Hall–Kier alpha value is -0.770. The first-order valence-corrected chi connectivity index (χ1v) is 6.88. The van der Waals surface area contributed by atoms with E-state index in [9.17, 15) is 4.79 Å². The number of aldehydes is 1. The van der Waals surface area contributed by atoms with Gasteiger partial charge in [0.25, 0.3) is 0 Å². The first-order valence-electron chi connectivity index (χ1n) is 6.88. The predicted molar refractivity (Wildman–Crippen MR) is 73.2 cm³/mol. The van der Waals surface area contributed by atoms with Crippen molar-refractivity contribution in [2.45, 2.75) is 61.0 Å². The minimum absolute atomic E-state index is 0.0258. The molecule has 0 bridgehead atoms. The summed E-state index contributed by atoms with van der Waals surface area (Å²) in [5.74, 6) is 0. The van der Waals surface area contributed by atoms with E-state index in [0.29, 0.717) is 0 Å². The third-order valence-corrected chi connectivity index (χ3v) is 3.52. The minimum atomic E-state index is -1.79. The molecular formula is C12H24O12. The van der Waals surface area contributed by atoms with Crippen LogP contribution < -0.4 is 0 Å². The third kappa shape index (κ3) is 5.65. The fourth-order valence-corrected chi connectivity index (χ4v) is 1.83. The van der Waals surface area contributed by atoms with Crippen molar-refractivity contribution in [1.82, 2.24) is 0 Å². The van der Waals surface area contributed by atoms with Crippen LogP contribution in [0.5, 0.6) is 0 Å². The second kappa shape index (κ2) is 10.3. The summed E-state index contributed by atoms with van der Waals surface area (Å²) in [6.45, 7) is -0.760. The van der Waals surface area contributed by atoms with E-state index in [1.165, 1.54) is 0 Å². The van der Waals surface area contributed by atoms with Crippen molar-refractivity contribution in [3.63, 3.8) is 0 Å². The van der Waals surface area contributed by atoms with Gasteiger partial charge in [0, 0.05) is 0 Å². The lowest BCUT2D eigenvalue weighted by Gasteiger charge is -2.39. The highest BCUT2D eigenvalue weighted by atomic mass is 16.4. The summed E-state index contributed by atoms with van der Waals surface area (Å²) in [6.07, 6.45) is -16.7. The Bertz CT molecular complexity index is 309. The maximum Gasteiger partial charge on any atom is 0.151 e. The fraction of sp³-hybridized carbons (Fsp3) is 0.917. The molecule has 1 saturated carbocycles. The van der Waals surface area contributed by atoms with Gasteiger partial charge in [-0.2, -0.15) is 0 Å². The second-order valence-corrected chi connectivity index (χ2v) is 5.30. The van der Waals surface area contributed by atoms with Gasteiger partial charge >= 0.3 is 0 Å². The highest BCUT2D eigenvalue weighted by Crippen LogP contribution is 2.20. The highest BCUT2D eigenvalue weighted by Gasteiger charge is 2.47. The van der Waals surface area contributed by atoms with Crippen molar-refractivity contribution >= 4 is 6.29 Å². The molecule has 1 aliphatic carbocycles. The van der Waals surface area contributed by atoms with Gasteiger partial charge in [0.15, 0.2) is 6.29 Å². The molecule has 0 heterocycles. The zero-order valence-electron chi connectivity index (χ0n) is 12.4. The van der Waals surface area contributed by atoms with Crippen molar-refractivity contribution in [3.8, 4) is 0 Å². The third-order valence-electron chi connectivity index (χ3n) is 3.52. The van der Waals surface area contributed by atoms with Gasteiger partial charge in [-0.15, -0.1) is 0 Å². The molecule has 4 atom stereocenters. The molecule has 1 aliphatic rings. The van der Waals surface area contributed by atoms with Gasteiger partial charge in [0.05, 0.1) is 6.61 Å². The van der Waals surface area contributed by atoms with Crippen molar-refractivity contribution in [1.29, 1.82) is 0 Å². The summed E-state index contributed by atoms with van der Waals surface area (Å²) in [5, 5.41) is 97.4. The Kier molecular flexibility index (Phi) is 9.94. The topological polar surface area (TPSA) is 240 Å². The molecule has 12 nitrogen and oxygen atoms in total. The molecule has 0 spiro atoms. The van der Waals surface area contributed by atoms with Crippen LogP contribution in [0, 0.1) is 0 Å². The molecule has 0 aliphatic heterocycles. The van der Waals surface area contributed by atoms with Gasteiger partial charge in [0.2, 0.25) is 0 Å². The summed E-state index contributed by atoms with van der Waals surface area (Å²) >= 11 is 0. The van der Waals surface area contributed by atoms with Gasteiger partial charge < -0.3 is 61.0 Å². The molecule has 12 heteroatoms. The van der Waals surface area contributed by atoms with E-state index in [1.54, 1.807) is 0 Å². The summed E-state index contributed by atoms with van der Waals surface area (Å²) < 4.78 is 0. The standard InChI is InChI=1S/2C6H12O6/c7-1-2(8)4(10)6(12)5(11)3(1)9;7-1-3(9)5(11)6(12)4(10)2-8/h1-12H;1,3-6,8-12H,2H2/t1-,2-,3-,4+,5-,6-;3-,4+,5+,6+/m.0/s1. The van der Waals surface area contributed by atoms with Gasteiger partial charge in [-0.1, -0.05) is 0 Å². The number of hydrogen-bond acceptors (Lipinski definition) is 12. The molecule has 11 N–H and O–H groups in total. The van der Waals surface area contributed by atoms with Crippen LogP contribution in [0.2, 0.25) is 0 Å². The van der Waals surface area contributed by atoms with Gasteiger partial charge in [-0.05, 0) is 0 Å². The van der Waals surface area contributed by atoms with Crippen LogP contribution in [-0.2, 0) is 4.79 Å². The van der Waals surface area contributed by atoms with Crippen molar-refractivity contribution in [2.75, 3.05) is 6.61 Å². The summed E-state index contributed by atoms with van der Waals surface area (Å²) in [4.78, 5) is 9.90. The lowest BCUT2D eigenvalue weighted by molar-refractivity contribution is -0.223. The Morgan fingerprint density at radius 2 is 0.958 bits per heavy atom. The van der Waals surface area contributed by atoms with Crippen molar-refractivity contribution < 1.29 is 61.0 Å². The zero-order chi connectivity index (χ0) is 19.2. The van der Waals surface area contributed by atoms with Crippen LogP contribution >= 0.6 is 0 Å². The van der Waals surface area contributed by atoms with Crippen LogP contribution in [-0.4, -0.2) is 130 Å². The maximum absolute atomic E-state index is 9.90. The maximum atomic E-state index is 9.90. The van der Waals surface area contributed by atoms with E-state index in [1.807, 2.05) is 0 Å². The molecule has 1 fully saturated rings. The predicted octanol–water partition coefficient (Wildman–Crippen LogP) is -7.21. The van der Waals surface area contributed by atoms with Crippen LogP contribution in [0.3, 0.4) is 0 Å². The van der Waals surface area contributed by atoms with E-state index >= 15 is 0 Å². The second-order valence-electron chi connectivity index (χ2n) is 5.30. The molecule has 0 aromatic carbocycles. The van der Waals surface area contributed by atoms with E-state index in [4.69, 9.17) is 56.2 Å². The molecule has 1 rings (SSSR count). The Labute approximate surface area is 136 Å². The number of aliphatic hydroxyl groups is 11. The molecule has 0 saturated heterocycles. The molecule has 0 amide bonds. The number of carbonyl (C=O) groups excluding carboxylic acids is 1. The monoisotopic (exact) mass is 360 g/mol. The van der Waals surface area contributed by atoms with Gasteiger partial charge in [-0.3, -0.25) is 0 Å². The molecule has 144 valence electrons. The Morgan fingerprint density at radius 3 is 1.17 bits per heavy atom. The SMILES string of the molecule is O=C[C@H](O)[C@@H](O)[C@H](O)[C@H](O)CO.O[C@H]1[C@H](O)[C@@H](O)[C@H](O)[C@@H](O)[C@H]1O. The largest absolute Gasteiger partial charge is 0.394 e. The van der Waals surface area contributed by atoms with Crippen LogP contribution in [0.4, 0.5) is 0 Å². The van der Waals surface area contributed by atoms with Crippen LogP contribution in [0.1, 0.15) is 0 Å². The number of carbonyl (C=O) groups is 1. The van der Waals surface area contributed by atoms with E-state index in [-0.39, 0.29) is 6.29 Å². The van der Waals surface area contributed by atoms with Gasteiger partial charge in [0.1, 0.15) is 61.0 Å². The first-order chi connectivity index (χ1) is 11.0. The van der Waals surface area contributed by atoms with E-state index in [2.05, 4.69) is 0 Å². The molecule has 0 aromatic heterocycles. The molecule has 0 radical (unpaired) electrons. The molecule has 24 heavy (non-hydrogen) atoms. The number of hydrogen-bond donors (Lipinski definition) is 11. The Morgan fingerprint density at radius 1 is 0.667 bits per heavy atom. The van der Waals surface area contributed by atoms with E-state index < -0.39 is 67.6 Å². The molecule has 0 aromatic rings. The normalized spacial score (nSPS) is 38.3. The lowest BCUT2D eigenvalue weighted by Crippen LogP contribution is -2.63. The summed E-state index contributed by atoms with van der Waals surface area (Å²) in [7, 11) is 0.